The van der Waals surface area contributed by atoms with Crippen molar-refractivity contribution in [1.82, 2.24) is 9.88 Å². The second-order valence-corrected chi connectivity index (χ2v) is 12.0. The molecule has 0 unspecified atom stereocenters. The molecule has 5 rings (SSSR count). The standard InChI is InChI=1S/C23H24ClN3O2S2/c1-14-4-7-16(8-5-14)31(28,29)22-21(24)30-23(25-22)27-19-9-6-15(2)12-17(19)18-13-26(3)11-10-20(18)27/h4-9,12,18,20H,10-11,13H2,1-3H3/t18-,20-/m0/s1. The molecule has 2 aliphatic heterocycles. The highest BCUT2D eigenvalue weighted by Gasteiger charge is 2.43. The maximum Gasteiger partial charge on any atom is 0.226 e. The van der Waals surface area contributed by atoms with Crippen molar-refractivity contribution in [2.75, 3.05) is 25.0 Å². The van der Waals surface area contributed by atoms with Gasteiger partial charge < -0.3 is 9.80 Å². The van der Waals surface area contributed by atoms with E-state index >= 15 is 0 Å². The Morgan fingerprint density at radius 3 is 2.55 bits per heavy atom. The van der Waals surface area contributed by atoms with Gasteiger partial charge in [-0.05, 0) is 57.6 Å². The first-order valence-corrected chi connectivity index (χ1v) is 13.0. The lowest BCUT2D eigenvalue weighted by molar-refractivity contribution is 0.236. The number of aryl methyl sites for hydroxylation is 2. The Bertz CT molecular complexity index is 1250. The number of anilines is 2. The second kappa shape index (κ2) is 7.59. The highest BCUT2D eigenvalue weighted by molar-refractivity contribution is 7.91. The first kappa shape index (κ1) is 20.9. The van der Waals surface area contributed by atoms with Gasteiger partial charge in [0.1, 0.15) is 4.34 Å². The van der Waals surface area contributed by atoms with Crippen molar-refractivity contribution in [3.05, 3.63) is 63.5 Å². The average molecular weight is 474 g/mol. The van der Waals surface area contributed by atoms with E-state index in [1.807, 2.05) is 6.92 Å². The van der Waals surface area contributed by atoms with Gasteiger partial charge in [0.25, 0.3) is 0 Å². The zero-order valence-electron chi connectivity index (χ0n) is 17.7. The Morgan fingerprint density at radius 1 is 1.10 bits per heavy atom. The van der Waals surface area contributed by atoms with Gasteiger partial charge in [0.15, 0.2) is 10.2 Å². The van der Waals surface area contributed by atoms with E-state index in [-0.39, 0.29) is 20.3 Å². The molecule has 8 heteroatoms. The summed E-state index contributed by atoms with van der Waals surface area (Å²) in [4.78, 5) is 9.40. The Hall–Kier alpha value is -1.93. The van der Waals surface area contributed by atoms with Crippen LogP contribution in [0.4, 0.5) is 10.8 Å². The number of nitrogens with zero attached hydrogens (tertiary/aromatic N) is 3. The molecule has 0 saturated carbocycles. The summed E-state index contributed by atoms with van der Waals surface area (Å²) in [5.74, 6) is 0.369. The molecule has 1 fully saturated rings. The van der Waals surface area contributed by atoms with Crippen molar-refractivity contribution in [2.24, 2.45) is 0 Å². The average Bonchev–Trinajstić information content (AvgIpc) is 3.26. The van der Waals surface area contributed by atoms with Crippen LogP contribution in [0.15, 0.2) is 52.4 Å². The smallest absolute Gasteiger partial charge is 0.226 e. The van der Waals surface area contributed by atoms with Crippen LogP contribution in [0.2, 0.25) is 4.34 Å². The van der Waals surface area contributed by atoms with Crippen LogP contribution < -0.4 is 4.90 Å². The van der Waals surface area contributed by atoms with Crippen molar-refractivity contribution in [2.45, 2.75) is 42.1 Å². The predicted molar refractivity (Wildman–Crippen MR) is 126 cm³/mol. The summed E-state index contributed by atoms with van der Waals surface area (Å²) in [6, 6.07) is 13.5. The Kier molecular flexibility index (Phi) is 5.13. The molecule has 2 aromatic carbocycles. The molecule has 2 atom stereocenters. The van der Waals surface area contributed by atoms with Gasteiger partial charge in [-0.3, -0.25) is 0 Å². The normalized spacial score (nSPS) is 21.2. The molecular weight excluding hydrogens is 450 g/mol. The van der Waals surface area contributed by atoms with Gasteiger partial charge in [-0.2, -0.15) is 0 Å². The van der Waals surface area contributed by atoms with E-state index in [4.69, 9.17) is 11.6 Å². The number of fused-ring (bicyclic) bond motifs is 3. The van der Waals surface area contributed by atoms with Crippen LogP contribution in [0, 0.1) is 13.8 Å². The van der Waals surface area contributed by atoms with Crippen LogP contribution >= 0.6 is 22.9 Å². The number of thiazole rings is 1. The maximum absolute atomic E-state index is 13.2. The quantitative estimate of drug-likeness (QED) is 0.524. The van der Waals surface area contributed by atoms with Crippen LogP contribution in [0.5, 0.6) is 0 Å². The van der Waals surface area contributed by atoms with Crippen LogP contribution in [-0.2, 0) is 9.84 Å². The topological polar surface area (TPSA) is 53.5 Å². The Labute approximate surface area is 192 Å². The van der Waals surface area contributed by atoms with E-state index < -0.39 is 9.84 Å². The summed E-state index contributed by atoms with van der Waals surface area (Å²) in [6.45, 7) is 6.01. The van der Waals surface area contributed by atoms with Crippen LogP contribution in [0.3, 0.4) is 0 Å². The molecule has 1 saturated heterocycles. The number of aromatic nitrogens is 1. The third-order valence-electron chi connectivity index (χ3n) is 6.29. The highest BCUT2D eigenvalue weighted by atomic mass is 35.5. The number of hydrogen-bond donors (Lipinski definition) is 0. The molecule has 31 heavy (non-hydrogen) atoms. The van der Waals surface area contributed by atoms with E-state index in [1.165, 1.54) is 22.5 Å². The number of likely N-dealkylation sites (N-methyl/N-ethyl adjacent to an activating group) is 1. The summed E-state index contributed by atoms with van der Waals surface area (Å²) in [7, 11) is -1.63. The number of halogens is 1. The van der Waals surface area contributed by atoms with Crippen LogP contribution in [0.1, 0.15) is 29.0 Å². The minimum atomic E-state index is -3.78. The van der Waals surface area contributed by atoms with Crippen molar-refractivity contribution < 1.29 is 8.42 Å². The summed E-state index contributed by atoms with van der Waals surface area (Å²) >= 11 is 7.73. The third-order valence-corrected chi connectivity index (χ3v) is 9.48. The van der Waals surface area contributed by atoms with Crippen LogP contribution in [-0.4, -0.2) is 44.5 Å². The fraction of sp³-hybridized carbons (Fsp3) is 0.348. The number of sulfone groups is 1. The molecule has 2 aliphatic rings. The molecule has 3 heterocycles. The molecule has 0 N–H and O–H groups in total. The number of piperidine rings is 1. The predicted octanol–water partition coefficient (Wildman–Crippen LogP) is 5.19. The first-order valence-electron chi connectivity index (χ1n) is 10.3. The number of likely N-dealkylation sites (tertiary alicyclic amines) is 1. The third kappa shape index (κ3) is 3.48. The van der Waals surface area contributed by atoms with Crippen LogP contribution in [0.25, 0.3) is 0 Å². The molecule has 0 bridgehead atoms. The minimum absolute atomic E-state index is 0.0527. The van der Waals surface area contributed by atoms with Gasteiger partial charge in [0.05, 0.1) is 4.90 Å². The van der Waals surface area contributed by atoms with Gasteiger partial charge in [-0.15, -0.1) is 0 Å². The van der Waals surface area contributed by atoms with Gasteiger partial charge in [-0.25, -0.2) is 13.4 Å². The lowest BCUT2D eigenvalue weighted by atomic mass is 9.89. The zero-order chi connectivity index (χ0) is 21.9. The van der Waals surface area contributed by atoms with Crippen molar-refractivity contribution >= 4 is 43.6 Å². The fourth-order valence-corrected chi connectivity index (χ4v) is 7.67. The lowest BCUT2D eigenvalue weighted by Crippen LogP contribution is -2.43. The van der Waals surface area contributed by atoms with Gasteiger partial charge in [-0.1, -0.05) is 58.3 Å². The van der Waals surface area contributed by atoms with Crippen molar-refractivity contribution in [3.8, 4) is 0 Å². The van der Waals surface area contributed by atoms with Crippen molar-refractivity contribution in [3.63, 3.8) is 0 Å². The summed E-state index contributed by atoms with van der Waals surface area (Å²) < 4.78 is 26.7. The van der Waals surface area contributed by atoms with E-state index in [0.29, 0.717) is 11.0 Å². The number of rotatable bonds is 3. The highest BCUT2D eigenvalue weighted by Crippen LogP contribution is 2.50. The summed E-state index contributed by atoms with van der Waals surface area (Å²) in [5, 5.41) is 0.598. The second-order valence-electron chi connectivity index (χ2n) is 8.55. The molecule has 0 aliphatic carbocycles. The summed E-state index contributed by atoms with van der Waals surface area (Å²) in [5.41, 5.74) is 4.65. The zero-order valence-corrected chi connectivity index (χ0v) is 20.1. The molecule has 3 aromatic rings. The molecular formula is C23H24ClN3O2S2. The fourth-order valence-electron chi connectivity index (χ4n) is 4.71. The molecule has 0 amide bonds. The maximum atomic E-state index is 13.2. The SMILES string of the molecule is Cc1ccc(S(=O)(=O)c2nc(N3c4ccc(C)cc4[C@@H]4CN(C)CC[C@@H]43)sc2Cl)cc1. The van der Waals surface area contributed by atoms with Gasteiger partial charge in [0, 0.05) is 24.2 Å². The molecule has 5 nitrogen and oxygen atoms in total. The van der Waals surface area contributed by atoms with Crippen molar-refractivity contribution in [1.29, 1.82) is 0 Å². The summed E-state index contributed by atoms with van der Waals surface area (Å²) in [6.07, 6.45) is 0.992. The molecule has 162 valence electrons. The molecule has 0 radical (unpaired) electrons. The Balaban J connectivity index is 1.59. The van der Waals surface area contributed by atoms with E-state index in [9.17, 15) is 8.42 Å². The van der Waals surface area contributed by atoms with Gasteiger partial charge >= 0.3 is 0 Å². The Morgan fingerprint density at radius 2 is 1.81 bits per heavy atom. The van der Waals surface area contributed by atoms with E-state index in [0.717, 1.165) is 30.8 Å². The number of hydrogen-bond acceptors (Lipinski definition) is 6. The lowest BCUT2D eigenvalue weighted by Gasteiger charge is -2.36. The number of benzene rings is 2. The van der Waals surface area contributed by atoms with E-state index in [1.54, 1.807) is 24.3 Å². The largest absolute Gasteiger partial charge is 0.314 e. The molecule has 1 aromatic heterocycles. The van der Waals surface area contributed by atoms with E-state index in [2.05, 4.69) is 47.0 Å². The first-order chi connectivity index (χ1) is 14.8. The minimum Gasteiger partial charge on any atom is -0.314 e. The monoisotopic (exact) mass is 473 g/mol. The molecule has 0 spiro atoms. The van der Waals surface area contributed by atoms with Gasteiger partial charge in [0.2, 0.25) is 9.84 Å².